The largest absolute Gasteiger partial charge is 0.470 e. The van der Waals surface area contributed by atoms with E-state index in [0.717, 1.165) is 19.8 Å². The molecule has 1 amide bonds. The number of aromatic nitrogens is 5. The number of ether oxygens (including phenoxy) is 2. The van der Waals surface area contributed by atoms with Gasteiger partial charge < -0.3 is 19.3 Å². The minimum atomic E-state index is -2.53. The number of amides is 1. The number of alkyl halides is 2. The van der Waals surface area contributed by atoms with Crippen LogP contribution in [0.15, 0.2) is 36.4 Å². The highest BCUT2D eigenvalue weighted by Crippen LogP contribution is 2.22. The molecule has 10 nitrogen and oxygen atoms in total. The van der Waals surface area contributed by atoms with Crippen molar-refractivity contribution in [2.24, 2.45) is 5.92 Å². The van der Waals surface area contributed by atoms with E-state index in [2.05, 4.69) is 20.5 Å². The van der Waals surface area contributed by atoms with Gasteiger partial charge >= 0.3 is 0 Å². The molecule has 2 aromatic heterocycles. The molecule has 4 heterocycles. The lowest BCUT2D eigenvalue weighted by Crippen LogP contribution is -2.53. The highest BCUT2D eigenvalue weighted by atomic mass is 19.3. The average Bonchev–Trinajstić information content (AvgIpc) is 3.21. The van der Waals surface area contributed by atoms with Crippen LogP contribution in [0.3, 0.4) is 0 Å². The Morgan fingerprint density at radius 2 is 1.89 bits per heavy atom. The molecule has 0 spiro atoms. The van der Waals surface area contributed by atoms with E-state index in [1.165, 1.54) is 12.1 Å². The molecule has 12 heteroatoms. The second kappa shape index (κ2) is 9.90. The van der Waals surface area contributed by atoms with Gasteiger partial charge in [-0.2, -0.15) is 0 Å². The predicted octanol–water partition coefficient (Wildman–Crippen LogP) is 2.18. The fourth-order valence-electron chi connectivity index (χ4n) is 4.01. The first-order valence-corrected chi connectivity index (χ1v) is 11.3. The highest BCUT2D eigenvalue weighted by molar-refractivity contribution is 5.82. The van der Waals surface area contributed by atoms with Crippen molar-refractivity contribution in [3.05, 3.63) is 53.3 Å². The SMILES string of the molecule is Cc1nnn(-c2ccc(C(F)F)cc2)c1COc1ccc(N2CCN(CC3COC3)C(=O)C2)nn1. The molecule has 0 radical (unpaired) electrons. The van der Waals surface area contributed by atoms with E-state index >= 15 is 0 Å². The van der Waals surface area contributed by atoms with Gasteiger partial charge in [0.15, 0.2) is 5.82 Å². The molecule has 2 aliphatic heterocycles. The lowest BCUT2D eigenvalue weighted by atomic mass is 10.1. The Labute approximate surface area is 200 Å². The third-order valence-electron chi connectivity index (χ3n) is 6.16. The molecule has 5 rings (SSSR count). The molecule has 0 N–H and O–H groups in total. The van der Waals surface area contributed by atoms with E-state index in [1.54, 1.807) is 35.9 Å². The monoisotopic (exact) mass is 485 g/mol. The van der Waals surface area contributed by atoms with Gasteiger partial charge in [-0.05, 0) is 25.1 Å². The fraction of sp³-hybridized carbons (Fsp3) is 0.435. The summed E-state index contributed by atoms with van der Waals surface area (Å²) in [6.45, 7) is 5.68. The summed E-state index contributed by atoms with van der Waals surface area (Å²) in [4.78, 5) is 16.3. The summed E-state index contributed by atoms with van der Waals surface area (Å²) in [6, 6.07) is 9.32. The summed E-state index contributed by atoms with van der Waals surface area (Å²) in [5.41, 5.74) is 1.86. The van der Waals surface area contributed by atoms with Crippen molar-refractivity contribution in [2.45, 2.75) is 20.0 Å². The van der Waals surface area contributed by atoms with Gasteiger partial charge in [0.1, 0.15) is 12.3 Å². The van der Waals surface area contributed by atoms with E-state index < -0.39 is 6.43 Å². The summed E-state index contributed by atoms with van der Waals surface area (Å²) in [6.07, 6.45) is -2.53. The van der Waals surface area contributed by atoms with Crippen LogP contribution in [-0.2, 0) is 16.1 Å². The summed E-state index contributed by atoms with van der Waals surface area (Å²) in [7, 11) is 0. The van der Waals surface area contributed by atoms with E-state index in [4.69, 9.17) is 9.47 Å². The molecular formula is C23H25F2N7O3. The van der Waals surface area contributed by atoms with Crippen LogP contribution in [0, 0.1) is 12.8 Å². The molecule has 0 atom stereocenters. The number of hydrogen-bond donors (Lipinski definition) is 0. The van der Waals surface area contributed by atoms with Crippen molar-refractivity contribution in [3.8, 4) is 11.6 Å². The van der Waals surface area contributed by atoms with Crippen LogP contribution in [-0.4, -0.2) is 75.4 Å². The van der Waals surface area contributed by atoms with Gasteiger partial charge in [-0.15, -0.1) is 15.3 Å². The maximum absolute atomic E-state index is 12.8. The first-order chi connectivity index (χ1) is 17.0. The summed E-state index contributed by atoms with van der Waals surface area (Å²) >= 11 is 0. The molecule has 184 valence electrons. The molecule has 0 unspecified atom stereocenters. The zero-order chi connectivity index (χ0) is 24.4. The van der Waals surface area contributed by atoms with Crippen molar-refractivity contribution in [1.82, 2.24) is 30.1 Å². The van der Waals surface area contributed by atoms with E-state index in [1.807, 2.05) is 9.80 Å². The number of benzene rings is 1. The number of hydrogen-bond acceptors (Lipinski definition) is 8. The molecule has 2 fully saturated rings. The van der Waals surface area contributed by atoms with Crippen LogP contribution in [0.2, 0.25) is 0 Å². The minimum absolute atomic E-state index is 0.0603. The summed E-state index contributed by atoms with van der Waals surface area (Å²) in [5, 5.41) is 16.6. The number of piperazine rings is 1. The molecule has 35 heavy (non-hydrogen) atoms. The van der Waals surface area contributed by atoms with E-state index in [9.17, 15) is 13.6 Å². The Kier molecular flexibility index (Phi) is 6.53. The normalized spacial score (nSPS) is 16.6. The topological polar surface area (TPSA) is 98.5 Å². The van der Waals surface area contributed by atoms with Crippen molar-refractivity contribution in [2.75, 3.05) is 44.3 Å². The molecule has 0 aliphatic carbocycles. The number of rotatable bonds is 8. The third kappa shape index (κ3) is 5.06. The summed E-state index contributed by atoms with van der Waals surface area (Å²) < 4.78 is 38.2. The molecule has 2 saturated heterocycles. The van der Waals surface area contributed by atoms with Gasteiger partial charge in [0.25, 0.3) is 6.43 Å². The number of nitrogens with zero attached hydrogens (tertiary/aromatic N) is 7. The molecule has 2 aliphatic rings. The van der Waals surface area contributed by atoms with Gasteiger partial charge in [0.05, 0.1) is 31.1 Å². The number of aryl methyl sites for hydroxylation is 1. The Morgan fingerprint density at radius 1 is 1.09 bits per heavy atom. The third-order valence-corrected chi connectivity index (χ3v) is 6.16. The standard InChI is InChI=1S/C23H25F2N7O3/c1-15-19(32(29-26-15)18-4-2-17(3-5-18)23(24)25)14-35-21-7-6-20(27-28-21)30-8-9-31(22(33)11-30)10-16-12-34-13-16/h2-7,16,23H,8-14H2,1H3. The molecule has 0 bridgehead atoms. The second-order valence-corrected chi connectivity index (χ2v) is 8.61. The number of carbonyl (C=O) groups excluding carboxylic acids is 1. The Balaban J connectivity index is 1.19. The molecule has 3 aromatic rings. The van der Waals surface area contributed by atoms with Gasteiger partial charge in [-0.25, -0.2) is 13.5 Å². The lowest BCUT2D eigenvalue weighted by Gasteiger charge is -2.38. The number of carbonyl (C=O) groups is 1. The van der Waals surface area contributed by atoms with Crippen LogP contribution >= 0.6 is 0 Å². The predicted molar refractivity (Wildman–Crippen MR) is 121 cm³/mol. The molecule has 0 saturated carbocycles. The minimum Gasteiger partial charge on any atom is -0.470 e. The van der Waals surface area contributed by atoms with Gasteiger partial charge in [0.2, 0.25) is 11.8 Å². The Morgan fingerprint density at radius 3 is 2.51 bits per heavy atom. The Hall–Kier alpha value is -3.67. The number of halogens is 2. The molecule has 1 aromatic carbocycles. The van der Waals surface area contributed by atoms with Gasteiger partial charge in [0, 0.05) is 37.2 Å². The van der Waals surface area contributed by atoms with Crippen molar-refractivity contribution >= 4 is 11.7 Å². The van der Waals surface area contributed by atoms with Crippen molar-refractivity contribution < 1.29 is 23.0 Å². The zero-order valence-electron chi connectivity index (χ0n) is 19.2. The first-order valence-electron chi connectivity index (χ1n) is 11.3. The molecular weight excluding hydrogens is 460 g/mol. The maximum Gasteiger partial charge on any atom is 0.263 e. The van der Waals surface area contributed by atoms with Crippen LogP contribution in [0.25, 0.3) is 5.69 Å². The smallest absolute Gasteiger partial charge is 0.263 e. The van der Waals surface area contributed by atoms with Crippen LogP contribution in [0.4, 0.5) is 14.6 Å². The number of anilines is 1. The lowest BCUT2D eigenvalue weighted by molar-refractivity contribution is -0.134. The summed E-state index contributed by atoms with van der Waals surface area (Å²) in [5.74, 6) is 1.43. The van der Waals surface area contributed by atoms with E-state index in [0.29, 0.717) is 47.8 Å². The fourth-order valence-corrected chi connectivity index (χ4v) is 4.01. The van der Waals surface area contributed by atoms with Gasteiger partial charge in [-0.1, -0.05) is 17.3 Å². The zero-order valence-corrected chi connectivity index (χ0v) is 19.2. The first kappa shape index (κ1) is 23.1. The van der Waals surface area contributed by atoms with Crippen LogP contribution in [0.5, 0.6) is 5.88 Å². The van der Waals surface area contributed by atoms with Crippen molar-refractivity contribution in [3.63, 3.8) is 0 Å². The van der Waals surface area contributed by atoms with Crippen molar-refractivity contribution in [1.29, 1.82) is 0 Å². The van der Waals surface area contributed by atoms with E-state index in [-0.39, 0.29) is 24.6 Å². The Bertz CT molecular complexity index is 1170. The van der Waals surface area contributed by atoms with Crippen LogP contribution in [0.1, 0.15) is 23.4 Å². The quantitative estimate of drug-likeness (QED) is 0.479. The average molecular weight is 485 g/mol. The highest BCUT2D eigenvalue weighted by Gasteiger charge is 2.29. The van der Waals surface area contributed by atoms with Gasteiger partial charge in [-0.3, -0.25) is 4.79 Å². The maximum atomic E-state index is 12.8. The second-order valence-electron chi connectivity index (χ2n) is 8.61. The van der Waals surface area contributed by atoms with Crippen LogP contribution < -0.4 is 9.64 Å².